The van der Waals surface area contributed by atoms with Crippen molar-refractivity contribution in [3.8, 4) is 0 Å². The van der Waals surface area contributed by atoms with Crippen molar-refractivity contribution in [2.75, 3.05) is 18.8 Å². The van der Waals surface area contributed by atoms with Gasteiger partial charge in [0.2, 0.25) is 11.1 Å². The molecule has 0 spiro atoms. The Morgan fingerprint density at radius 1 is 1.55 bits per heavy atom. The highest BCUT2D eigenvalue weighted by Crippen LogP contribution is 2.24. The van der Waals surface area contributed by atoms with Gasteiger partial charge in [0.1, 0.15) is 0 Å². The summed E-state index contributed by atoms with van der Waals surface area (Å²) in [5.74, 6) is 1.23. The summed E-state index contributed by atoms with van der Waals surface area (Å²) in [4.78, 5) is 14.4. The molecule has 0 aromatic carbocycles. The molecule has 1 aromatic rings. The first-order chi connectivity index (χ1) is 9.61. The van der Waals surface area contributed by atoms with E-state index in [1.54, 1.807) is 0 Å². The van der Waals surface area contributed by atoms with Crippen LogP contribution in [0.15, 0.2) is 4.52 Å². The van der Waals surface area contributed by atoms with Gasteiger partial charge in [-0.25, -0.2) is 0 Å². The zero-order valence-corrected chi connectivity index (χ0v) is 13.6. The van der Waals surface area contributed by atoms with Crippen LogP contribution in [0, 0.1) is 6.92 Å². The molecule has 0 N–H and O–H groups in total. The second kappa shape index (κ2) is 7.36. The van der Waals surface area contributed by atoms with Gasteiger partial charge in [-0.1, -0.05) is 18.5 Å². The van der Waals surface area contributed by atoms with Gasteiger partial charge in [-0.3, -0.25) is 4.79 Å². The normalized spacial score (nSPS) is 19.9. The van der Waals surface area contributed by atoms with Crippen molar-refractivity contribution in [2.45, 2.75) is 44.8 Å². The molecule has 0 aliphatic carbocycles. The number of halogens is 1. The number of carbonyl (C=O) groups is 1. The highest BCUT2D eigenvalue weighted by Gasteiger charge is 2.24. The van der Waals surface area contributed by atoms with E-state index in [0.717, 1.165) is 30.8 Å². The molecule has 0 radical (unpaired) electrons. The number of rotatable bonds is 4. The van der Waals surface area contributed by atoms with Gasteiger partial charge in [-0.2, -0.15) is 11.8 Å². The van der Waals surface area contributed by atoms with Crippen LogP contribution in [0.1, 0.15) is 37.4 Å². The predicted molar refractivity (Wildman–Crippen MR) is 82.3 cm³/mol. The number of likely N-dealkylation sites (tertiary alicyclic amines) is 1. The third-order valence-electron chi connectivity index (χ3n) is 3.65. The maximum Gasteiger partial charge on any atom is 0.229 e. The number of nitrogens with zero attached hydrogens (tertiary/aromatic N) is 2. The molecule has 2 heterocycles. The van der Waals surface area contributed by atoms with Crippen molar-refractivity contribution in [2.24, 2.45) is 0 Å². The molecule has 112 valence electrons. The minimum absolute atomic E-state index is 0.127. The fourth-order valence-corrected chi connectivity index (χ4v) is 3.85. The third-order valence-corrected chi connectivity index (χ3v) is 5.13. The van der Waals surface area contributed by atoms with E-state index < -0.39 is 0 Å². The summed E-state index contributed by atoms with van der Waals surface area (Å²) in [6, 6.07) is 0. The number of aromatic nitrogens is 1. The van der Waals surface area contributed by atoms with Crippen LogP contribution in [0.3, 0.4) is 0 Å². The second-order valence-corrected chi connectivity index (χ2v) is 7.03. The largest absolute Gasteiger partial charge is 0.344 e. The minimum Gasteiger partial charge on any atom is -0.344 e. The van der Waals surface area contributed by atoms with Crippen molar-refractivity contribution in [1.29, 1.82) is 0 Å². The van der Waals surface area contributed by atoms with E-state index in [9.17, 15) is 4.79 Å². The zero-order chi connectivity index (χ0) is 14.5. The van der Waals surface area contributed by atoms with E-state index in [1.807, 2.05) is 23.6 Å². The van der Waals surface area contributed by atoms with Crippen LogP contribution >= 0.6 is 23.4 Å². The van der Waals surface area contributed by atoms with Gasteiger partial charge in [0.05, 0.1) is 12.1 Å². The molecule has 1 fully saturated rings. The van der Waals surface area contributed by atoms with Crippen molar-refractivity contribution in [3.63, 3.8) is 0 Å². The molecule has 1 amide bonds. The Kier molecular flexibility index (Phi) is 5.78. The Morgan fingerprint density at radius 2 is 2.35 bits per heavy atom. The molecule has 1 aliphatic rings. The first-order valence-electron chi connectivity index (χ1n) is 7.11. The number of amides is 1. The maximum absolute atomic E-state index is 12.5. The van der Waals surface area contributed by atoms with Crippen molar-refractivity contribution >= 4 is 29.3 Å². The molecule has 1 atom stereocenters. The molecule has 0 unspecified atom stereocenters. The van der Waals surface area contributed by atoms with Crippen LogP contribution in [0.4, 0.5) is 0 Å². The van der Waals surface area contributed by atoms with Crippen LogP contribution in [0.5, 0.6) is 0 Å². The van der Waals surface area contributed by atoms with Gasteiger partial charge in [0.15, 0.2) is 0 Å². The molecule has 20 heavy (non-hydrogen) atoms. The summed E-state index contributed by atoms with van der Waals surface area (Å²) >= 11 is 7.88. The van der Waals surface area contributed by atoms with Crippen LogP contribution in [0.25, 0.3) is 0 Å². The van der Waals surface area contributed by atoms with E-state index in [0.29, 0.717) is 10.9 Å². The van der Waals surface area contributed by atoms with Crippen molar-refractivity contribution in [1.82, 2.24) is 10.1 Å². The number of aryl methyl sites for hydroxylation is 1. The maximum atomic E-state index is 12.5. The monoisotopic (exact) mass is 316 g/mol. The molecular formula is C14H21ClN2O2S. The number of hydrogen-bond donors (Lipinski definition) is 0. The quantitative estimate of drug-likeness (QED) is 0.855. The molecule has 0 saturated carbocycles. The molecule has 1 aromatic heterocycles. The van der Waals surface area contributed by atoms with Crippen LogP contribution in [-0.4, -0.2) is 40.1 Å². The average molecular weight is 317 g/mol. The lowest BCUT2D eigenvalue weighted by Crippen LogP contribution is -2.36. The van der Waals surface area contributed by atoms with Crippen molar-refractivity contribution in [3.05, 3.63) is 16.5 Å². The molecule has 4 nitrogen and oxygen atoms in total. The van der Waals surface area contributed by atoms with Gasteiger partial charge in [-0.05, 0) is 37.1 Å². The highest BCUT2D eigenvalue weighted by atomic mass is 35.5. The number of hydrogen-bond acceptors (Lipinski definition) is 4. The third kappa shape index (κ3) is 3.92. The number of thioether (sulfide) groups is 1. The topological polar surface area (TPSA) is 46.3 Å². The lowest BCUT2D eigenvalue weighted by molar-refractivity contribution is -0.130. The first-order valence-corrected chi connectivity index (χ1v) is 8.54. The fourth-order valence-electron chi connectivity index (χ4n) is 2.52. The smallest absolute Gasteiger partial charge is 0.229 e. The van der Waals surface area contributed by atoms with Gasteiger partial charge in [0.25, 0.3) is 0 Å². The van der Waals surface area contributed by atoms with Crippen LogP contribution < -0.4 is 0 Å². The lowest BCUT2D eigenvalue weighted by Gasteiger charge is -2.24. The Bertz CT molecular complexity index is 445. The summed E-state index contributed by atoms with van der Waals surface area (Å²) in [5, 5.41) is 4.60. The SMILES string of the molecule is CCS[C@H]1CCCCN(C(=O)Cc2c(C)noc2Cl)C1. The fraction of sp³-hybridized carbons (Fsp3) is 0.714. The van der Waals surface area contributed by atoms with Gasteiger partial charge < -0.3 is 9.42 Å². The molecule has 0 bridgehead atoms. The van der Waals surface area contributed by atoms with Crippen LogP contribution in [-0.2, 0) is 11.2 Å². The van der Waals surface area contributed by atoms with Crippen molar-refractivity contribution < 1.29 is 9.32 Å². The Labute approximate surface area is 129 Å². The van der Waals surface area contributed by atoms with E-state index in [1.165, 1.54) is 12.8 Å². The molecule has 1 aliphatic heterocycles. The first kappa shape index (κ1) is 15.7. The Balaban J connectivity index is 2.00. The van der Waals surface area contributed by atoms with E-state index in [4.69, 9.17) is 16.1 Å². The highest BCUT2D eigenvalue weighted by molar-refractivity contribution is 7.99. The van der Waals surface area contributed by atoms with Gasteiger partial charge in [0, 0.05) is 23.9 Å². The van der Waals surface area contributed by atoms with Gasteiger partial charge in [-0.15, -0.1) is 0 Å². The van der Waals surface area contributed by atoms with Crippen LogP contribution in [0.2, 0.25) is 5.22 Å². The minimum atomic E-state index is 0.127. The molecule has 6 heteroatoms. The van der Waals surface area contributed by atoms with E-state index in [2.05, 4.69) is 12.1 Å². The summed E-state index contributed by atoms with van der Waals surface area (Å²) in [7, 11) is 0. The van der Waals surface area contributed by atoms with Gasteiger partial charge >= 0.3 is 0 Å². The standard InChI is InChI=1S/C14H21ClN2O2S/c1-3-20-11-6-4-5-7-17(9-11)13(18)8-12-10(2)16-19-14(12)15/h11H,3-9H2,1-2H3/t11-/m0/s1. The summed E-state index contributed by atoms with van der Waals surface area (Å²) < 4.78 is 4.91. The number of carbonyl (C=O) groups excluding carboxylic acids is 1. The lowest BCUT2D eigenvalue weighted by atomic mass is 10.1. The van der Waals surface area contributed by atoms with E-state index >= 15 is 0 Å². The zero-order valence-electron chi connectivity index (χ0n) is 12.0. The summed E-state index contributed by atoms with van der Waals surface area (Å²) in [5.41, 5.74) is 1.43. The summed E-state index contributed by atoms with van der Waals surface area (Å²) in [6.45, 7) is 5.68. The predicted octanol–water partition coefficient (Wildman–Crippen LogP) is 3.31. The average Bonchev–Trinajstić information content (AvgIpc) is 2.65. The molecule has 1 saturated heterocycles. The molecule has 2 rings (SSSR count). The summed E-state index contributed by atoms with van der Waals surface area (Å²) in [6.07, 6.45) is 3.78. The Hall–Kier alpha value is -0.680. The molecular weight excluding hydrogens is 296 g/mol. The van der Waals surface area contributed by atoms with E-state index in [-0.39, 0.29) is 17.5 Å². The Morgan fingerprint density at radius 3 is 3.00 bits per heavy atom. The second-order valence-electron chi connectivity index (χ2n) is 5.11.